The fraction of sp³-hybridized carbons (Fsp3) is 0.200. The molecule has 0 aliphatic heterocycles. The number of furan rings is 1. The number of rotatable bonds is 1. The molecule has 0 amide bonds. The topological polar surface area (TPSA) is 87.9 Å². The van der Waals surface area contributed by atoms with Gasteiger partial charge in [-0.15, -0.1) is 0 Å². The second-order valence-corrected chi connectivity index (χ2v) is 1.82. The van der Waals surface area contributed by atoms with Gasteiger partial charge in [0, 0.05) is 10.5 Å². The fourth-order valence-corrected chi connectivity index (χ4v) is 0.572. The lowest BCUT2D eigenvalue weighted by molar-refractivity contribution is 0.595. The highest BCUT2D eigenvalue weighted by atomic mass is 16.4. The van der Waals surface area contributed by atoms with Crippen LogP contribution in [-0.4, -0.2) is 0 Å². The number of anilines is 1. The van der Waals surface area contributed by atoms with Crippen LogP contribution in [0.4, 0.5) is 11.8 Å². The summed E-state index contributed by atoms with van der Waals surface area (Å²) in [4.78, 5) is 2.54. The Bertz CT molecular complexity index is 264. The van der Waals surface area contributed by atoms with E-state index in [9.17, 15) is 0 Å². The number of hydrogen-bond donors (Lipinski definition) is 1. The van der Waals surface area contributed by atoms with Gasteiger partial charge in [-0.3, -0.25) is 0 Å². The molecule has 0 saturated heterocycles. The van der Waals surface area contributed by atoms with E-state index in [1.54, 1.807) is 13.0 Å². The third-order valence-corrected chi connectivity index (χ3v) is 1.09. The minimum absolute atomic E-state index is 0.206. The molecular formula is C5H6N4O. The predicted molar refractivity (Wildman–Crippen MR) is 36.7 cm³/mol. The Hall–Kier alpha value is -1.61. The van der Waals surface area contributed by atoms with Gasteiger partial charge in [-0.25, -0.2) is 0 Å². The van der Waals surface area contributed by atoms with Crippen LogP contribution < -0.4 is 5.73 Å². The second kappa shape index (κ2) is 2.33. The highest BCUT2D eigenvalue weighted by Gasteiger charge is 1.99. The average molecular weight is 138 g/mol. The Morgan fingerprint density at radius 2 is 2.50 bits per heavy atom. The number of azide groups is 1. The maximum absolute atomic E-state index is 7.98. The van der Waals surface area contributed by atoms with E-state index < -0.39 is 0 Å². The summed E-state index contributed by atoms with van der Waals surface area (Å²) in [5.74, 6) is 0.500. The van der Waals surface area contributed by atoms with Crippen molar-refractivity contribution in [3.8, 4) is 0 Å². The highest BCUT2D eigenvalue weighted by Crippen LogP contribution is 2.22. The molecule has 0 saturated carbocycles. The summed E-state index contributed by atoms with van der Waals surface area (Å²) >= 11 is 0. The molecule has 0 fully saturated rings. The normalized spacial score (nSPS) is 8.90. The molecule has 0 aliphatic carbocycles. The standard InChI is InChI=1S/C5H6N4O/c1-3-2-4(8-9-7)10-5(3)6/h2H,6H2,1H3. The number of aryl methyl sites for hydroxylation is 1. The number of nitrogen functional groups attached to an aromatic ring is 1. The van der Waals surface area contributed by atoms with E-state index in [-0.39, 0.29) is 5.88 Å². The number of hydrogen-bond acceptors (Lipinski definition) is 3. The van der Waals surface area contributed by atoms with E-state index in [0.29, 0.717) is 5.88 Å². The van der Waals surface area contributed by atoms with Gasteiger partial charge < -0.3 is 10.2 Å². The molecule has 0 bridgehead atoms. The third kappa shape index (κ3) is 1.04. The molecule has 0 spiro atoms. The second-order valence-electron chi connectivity index (χ2n) is 1.82. The smallest absolute Gasteiger partial charge is 0.193 e. The van der Waals surface area contributed by atoms with Gasteiger partial charge in [-0.05, 0) is 23.6 Å². The van der Waals surface area contributed by atoms with Crippen LogP contribution >= 0.6 is 0 Å². The van der Waals surface area contributed by atoms with Crippen molar-refractivity contribution < 1.29 is 4.42 Å². The van der Waals surface area contributed by atoms with Crippen molar-refractivity contribution in [3.63, 3.8) is 0 Å². The monoisotopic (exact) mass is 138 g/mol. The molecular weight excluding hydrogens is 132 g/mol. The average Bonchev–Trinajstić information content (AvgIpc) is 2.14. The Morgan fingerprint density at radius 3 is 2.90 bits per heavy atom. The lowest BCUT2D eigenvalue weighted by Gasteiger charge is -1.81. The number of nitrogens with zero attached hydrogens (tertiary/aromatic N) is 3. The van der Waals surface area contributed by atoms with Gasteiger partial charge in [0.1, 0.15) is 0 Å². The molecule has 5 heteroatoms. The largest absolute Gasteiger partial charge is 0.439 e. The first-order chi connectivity index (χ1) is 4.74. The molecule has 0 unspecified atom stereocenters. The maximum Gasteiger partial charge on any atom is 0.193 e. The number of nitrogens with two attached hydrogens (primary N) is 1. The molecule has 1 rings (SSSR count). The molecule has 1 aromatic rings. The molecule has 0 radical (unpaired) electrons. The molecule has 0 aliphatic rings. The summed E-state index contributed by atoms with van der Waals surface area (Å²) in [6.07, 6.45) is 0. The summed E-state index contributed by atoms with van der Waals surface area (Å²) in [6.45, 7) is 1.77. The van der Waals surface area contributed by atoms with E-state index in [0.717, 1.165) is 5.56 Å². The van der Waals surface area contributed by atoms with Gasteiger partial charge in [0.05, 0.1) is 0 Å². The minimum Gasteiger partial charge on any atom is -0.439 e. The summed E-state index contributed by atoms with van der Waals surface area (Å²) in [5, 5.41) is 3.22. The SMILES string of the molecule is Cc1cc(N=[N+]=[N-])oc1N. The van der Waals surface area contributed by atoms with Crippen LogP contribution in [0.15, 0.2) is 15.6 Å². The molecule has 1 aromatic heterocycles. The fourth-order valence-electron chi connectivity index (χ4n) is 0.572. The molecule has 10 heavy (non-hydrogen) atoms. The van der Waals surface area contributed by atoms with Gasteiger partial charge >= 0.3 is 0 Å². The highest BCUT2D eigenvalue weighted by molar-refractivity contribution is 5.43. The van der Waals surface area contributed by atoms with E-state index in [2.05, 4.69) is 10.0 Å². The van der Waals surface area contributed by atoms with Crippen LogP contribution in [0.1, 0.15) is 5.56 Å². The van der Waals surface area contributed by atoms with Crippen LogP contribution in [-0.2, 0) is 0 Å². The van der Waals surface area contributed by atoms with Crippen LogP contribution in [0.3, 0.4) is 0 Å². The van der Waals surface area contributed by atoms with Gasteiger partial charge in [0.25, 0.3) is 0 Å². The van der Waals surface area contributed by atoms with Gasteiger partial charge in [0.2, 0.25) is 0 Å². The third-order valence-electron chi connectivity index (χ3n) is 1.09. The van der Waals surface area contributed by atoms with Gasteiger partial charge in [-0.2, -0.15) is 0 Å². The Labute approximate surface area is 57.1 Å². The summed E-state index contributed by atoms with van der Waals surface area (Å²) in [7, 11) is 0. The molecule has 52 valence electrons. The molecule has 0 atom stereocenters. The first kappa shape index (κ1) is 6.51. The maximum atomic E-state index is 7.98. The van der Waals surface area contributed by atoms with Crippen LogP contribution in [0.2, 0.25) is 0 Å². The molecule has 5 nitrogen and oxygen atoms in total. The zero-order valence-corrected chi connectivity index (χ0v) is 5.40. The Balaban J connectivity index is 3.09. The first-order valence-corrected chi connectivity index (χ1v) is 2.65. The van der Waals surface area contributed by atoms with Crippen molar-refractivity contribution in [1.29, 1.82) is 0 Å². The van der Waals surface area contributed by atoms with Crippen molar-refractivity contribution in [2.75, 3.05) is 5.73 Å². The van der Waals surface area contributed by atoms with Crippen LogP contribution in [0.25, 0.3) is 10.4 Å². The summed E-state index contributed by atoms with van der Waals surface area (Å²) in [6, 6.07) is 1.58. The molecule has 2 N–H and O–H groups in total. The van der Waals surface area contributed by atoms with Crippen molar-refractivity contribution in [1.82, 2.24) is 0 Å². The van der Waals surface area contributed by atoms with Crippen molar-refractivity contribution in [2.24, 2.45) is 5.11 Å². The van der Waals surface area contributed by atoms with Crippen LogP contribution in [0, 0.1) is 6.92 Å². The predicted octanol–water partition coefficient (Wildman–Crippen LogP) is 2.11. The van der Waals surface area contributed by atoms with Gasteiger partial charge in [-0.1, -0.05) is 0 Å². The van der Waals surface area contributed by atoms with E-state index in [1.807, 2.05) is 0 Å². The molecule has 1 heterocycles. The summed E-state index contributed by atoms with van der Waals surface area (Å²) in [5.41, 5.74) is 14.1. The lowest BCUT2D eigenvalue weighted by atomic mass is 10.4. The lowest BCUT2D eigenvalue weighted by Crippen LogP contribution is -1.80. The van der Waals surface area contributed by atoms with Crippen molar-refractivity contribution in [2.45, 2.75) is 6.92 Å². The Morgan fingerprint density at radius 1 is 1.80 bits per heavy atom. The van der Waals surface area contributed by atoms with E-state index in [4.69, 9.17) is 15.7 Å². The van der Waals surface area contributed by atoms with Crippen LogP contribution in [0.5, 0.6) is 0 Å². The minimum atomic E-state index is 0.206. The summed E-state index contributed by atoms with van der Waals surface area (Å²) < 4.78 is 4.81. The zero-order valence-electron chi connectivity index (χ0n) is 5.40. The van der Waals surface area contributed by atoms with E-state index in [1.165, 1.54) is 0 Å². The zero-order chi connectivity index (χ0) is 7.56. The van der Waals surface area contributed by atoms with Gasteiger partial charge in [0.15, 0.2) is 11.8 Å². The quantitative estimate of drug-likeness (QED) is 0.366. The van der Waals surface area contributed by atoms with Crippen molar-refractivity contribution in [3.05, 3.63) is 22.1 Å². The van der Waals surface area contributed by atoms with Crippen molar-refractivity contribution >= 4 is 11.8 Å². The Kier molecular flexibility index (Phi) is 1.51. The van der Waals surface area contributed by atoms with E-state index >= 15 is 0 Å². The first-order valence-electron chi connectivity index (χ1n) is 2.65. The molecule has 0 aromatic carbocycles.